The molecule has 3 heterocycles. The van der Waals surface area contributed by atoms with Gasteiger partial charge in [0.05, 0.1) is 34.0 Å². The number of nitrogens with zero attached hydrogens (tertiary/aromatic N) is 5. The molecule has 3 aromatic heterocycles. The van der Waals surface area contributed by atoms with E-state index in [4.69, 9.17) is 16.6 Å². The molecule has 0 spiro atoms. The van der Waals surface area contributed by atoms with E-state index in [0.717, 1.165) is 17.7 Å². The number of benzene rings is 3. The average molecular weight is 580 g/mol. The van der Waals surface area contributed by atoms with Gasteiger partial charge < -0.3 is 20.9 Å². The molecule has 0 saturated carbocycles. The number of halogens is 1. The summed E-state index contributed by atoms with van der Waals surface area (Å²) in [5.41, 5.74) is 4.00. The van der Waals surface area contributed by atoms with Crippen LogP contribution in [0, 0.1) is 0 Å². The fraction of sp³-hybridized carbons (Fsp3) is 0.133. The third-order valence-corrected chi connectivity index (χ3v) is 7.16. The number of urea groups is 1. The number of rotatable bonds is 7. The van der Waals surface area contributed by atoms with E-state index in [1.165, 1.54) is 17.2 Å². The number of carbonyl (C=O) groups is 1. The molecule has 0 radical (unpaired) electrons. The Hall–Kier alpha value is -5.29. The Balaban J connectivity index is 1.39. The third-order valence-electron chi connectivity index (χ3n) is 6.84. The van der Waals surface area contributed by atoms with Crippen LogP contribution in [-0.4, -0.2) is 35.5 Å². The van der Waals surface area contributed by atoms with Crippen molar-refractivity contribution < 1.29 is 4.79 Å². The molecular formula is C30H26ClN9O2. The summed E-state index contributed by atoms with van der Waals surface area (Å²) in [6, 6.07) is 18.9. The zero-order valence-electron chi connectivity index (χ0n) is 22.7. The predicted octanol–water partition coefficient (Wildman–Crippen LogP) is 6.08. The maximum Gasteiger partial charge on any atom is 0.323 e. The molecule has 0 aliphatic heterocycles. The van der Waals surface area contributed by atoms with E-state index in [1.54, 1.807) is 42.5 Å². The second-order valence-electron chi connectivity index (χ2n) is 9.57. The van der Waals surface area contributed by atoms with Crippen LogP contribution in [0.5, 0.6) is 0 Å². The van der Waals surface area contributed by atoms with Crippen LogP contribution in [0.1, 0.15) is 31.3 Å². The lowest BCUT2D eigenvalue weighted by molar-refractivity contribution is 0.262. The third kappa shape index (κ3) is 5.13. The van der Waals surface area contributed by atoms with Crippen LogP contribution in [0.4, 0.5) is 22.0 Å². The first kappa shape index (κ1) is 26.9. The summed E-state index contributed by atoms with van der Waals surface area (Å²) in [5, 5.41) is 9.69. The number of hydrogen-bond acceptors (Lipinski definition) is 7. The molecule has 4 N–H and O–H groups in total. The summed E-state index contributed by atoms with van der Waals surface area (Å²) in [6.45, 7) is 3.90. The first-order valence-corrected chi connectivity index (χ1v) is 13.7. The monoisotopic (exact) mass is 579 g/mol. The highest BCUT2D eigenvalue weighted by molar-refractivity contribution is 6.35. The van der Waals surface area contributed by atoms with E-state index >= 15 is 0 Å². The molecule has 0 aliphatic rings. The second-order valence-corrected chi connectivity index (χ2v) is 9.98. The summed E-state index contributed by atoms with van der Waals surface area (Å²) in [5.74, 6) is 0.927. The molecule has 12 heteroatoms. The maximum absolute atomic E-state index is 14.0. The zero-order chi connectivity index (χ0) is 29.2. The topological polar surface area (TPSA) is 143 Å². The number of imidazole rings is 1. The zero-order valence-corrected chi connectivity index (χ0v) is 23.5. The van der Waals surface area contributed by atoms with Crippen LogP contribution in [-0.2, 0) is 6.42 Å². The highest BCUT2D eigenvalue weighted by Gasteiger charge is 2.21. The van der Waals surface area contributed by atoms with Gasteiger partial charge in [-0.25, -0.2) is 24.7 Å². The van der Waals surface area contributed by atoms with Crippen molar-refractivity contribution in [1.82, 2.24) is 29.5 Å². The lowest BCUT2D eigenvalue weighted by atomic mass is 10.1. The lowest BCUT2D eigenvalue weighted by Crippen LogP contribution is -2.28. The smallest absolute Gasteiger partial charge is 0.323 e. The highest BCUT2D eigenvalue weighted by Crippen LogP contribution is 2.27. The Bertz CT molecular complexity index is 2000. The Labute approximate surface area is 245 Å². The first-order chi connectivity index (χ1) is 20.4. The minimum atomic E-state index is -0.493. The molecule has 11 nitrogen and oxygen atoms in total. The van der Waals surface area contributed by atoms with Gasteiger partial charge >= 0.3 is 6.03 Å². The van der Waals surface area contributed by atoms with Gasteiger partial charge in [-0.2, -0.15) is 0 Å². The van der Waals surface area contributed by atoms with Gasteiger partial charge in [-0.1, -0.05) is 48.9 Å². The largest absolute Gasteiger partial charge is 0.358 e. The van der Waals surface area contributed by atoms with E-state index in [0.29, 0.717) is 50.1 Å². The van der Waals surface area contributed by atoms with Gasteiger partial charge in [0.2, 0.25) is 0 Å². The van der Waals surface area contributed by atoms with Crippen LogP contribution >= 0.6 is 11.6 Å². The number of H-pyrrole nitrogens is 1. The van der Waals surface area contributed by atoms with Crippen LogP contribution in [0.25, 0.3) is 27.8 Å². The number of fused-ring (bicyclic) bond motifs is 2. The van der Waals surface area contributed by atoms with Crippen LogP contribution < -0.4 is 21.5 Å². The SMILES string of the molecule is CCc1ccccc1NC(=O)Nc1cccc(-n2c([C@H](C)Nc3ncnc4nc[nH]c34)nc3cccc(Cl)c3c2=O)c1. The van der Waals surface area contributed by atoms with Crippen molar-refractivity contribution in [2.45, 2.75) is 26.3 Å². The number of hydrogen-bond donors (Lipinski definition) is 4. The number of anilines is 3. The fourth-order valence-electron chi connectivity index (χ4n) is 4.85. The van der Waals surface area contributed by atoms with Gasteiger partial charge in [-0.05, 0) is 55.3 Å². The van der Waals surface area contributed by atoms with Crippen LogP contribution in [0.2, 0.25) is 5.02 Å². The van der Waals surface area contributed by atoms with E-state index in [2.05, 4.69) is 35.9 Å². The van der Waals surface area contributed by atoms with Crippen LogP contribution in [0.15, 0.2) is 84.2 Å². The molecule has 1 atom stereocenters. The number of para-hydroxylation sites is 1. The van der Waals surface area contributed by atoms with E-state index in [9.17, 15) is 9.59 Å². The minimum Gasteiger partial charge on any atom is -0.358 e. The quantitative estimate of drug-likeness (QED) is 0.179. The van der Waals surface area contributed by atoms with Gasteiger partial charge in [-0.3, -0.25) is 9.36 Å². The summed E-state index contributed by atoms with van der Waals surface area (Å²) in [4.78, 5) is 47.5. The molecule has 0 unspecified atom stereocenters. The van der Waals surface area contributed by atoms with Crippen molar-refractivity contribution in [3.8, 4) is 5.69 Å². The molecule has 3 aromatic carbocycles. The van der Waals surface area contributed by atoms with Crippen molar-refractivity contribution in [3.63, 3.8) is 0 Å². The Morgan fingerprint density at radius 2 is 1.86 bits per heavy atom. The highest BCUT2D eigenvalue weighted by atomic mass is 35.5. The molecule has 0 bridgehead atoms. The van der Waals surface area contributed by atoms with Crippen molar-refractivity contribution in [2.75, 3.05) is 16.0 Å². The molecule has 6 rings (SSSR count). The van der Waals surface area contributed by atoms with E-state index in [-0.39, 0.29) is 5.56 Å². The standard InChI is InChI=1S/C30H26ClN9O2/c1-3-18-8-4-5-12-22(18)39-30(42)37-19-9-6-10-20(14-19)40-28(38-23-13-7-11-21(31)24(23)29(40)41)17(2)36-27-25-26(33-15-32-25)34-16-35-27/h4-17H,3H2,1-2H3,(H2,37,39,42)(H2,32,33,34,35,36)/t17-/m0/s1. The number of nitrogens with one attached hydrogen (secondary N) is 4. The van der Waals surface area contributed by atoms with Crippen molar-refractivity contribution in [3.05, 3.63) is 106 Å². The van der Waals surface area contributed by atoms with Crippen molar-refractivity contribution in [2.24, 2.45) is 0 Å². The molecule has 0 aliphatic carbocycles. The van der Waals surface area contributed by atoms with E-state index < -0.39 is 12.1 Å². The van der Waals surface area contributed by atoms with Crippen LogP contribution in [0.3, 0.4) is 0 Å². The Morgan fingerprint density at radius 3 is 2.71 bits per heavy atom. The average Bonchev–Trinajstić information content (AvgIpc) is 3.47. The first-order valence-electron chi connectivity index (χ1n) is 13.3. The number of aromatic amines is 1. The molecule has 0 fully saturated rings. The minimum absolute atomic E-state index is 0.292. The lowest BCUT2D eigenvalue weighted by Gasteiger charge is -2.21. The Morgan fingerprint density at radius 1 is 1.02 bits per heavy atom. The molecule has 42 heavy (non-hydrogen) atoms. The van der Waals surface area contributed by atoms with Gasteiger partial charge in [0.1, 0.15) is 17.7 Å². The molecular weight excluding hydrogens is 554 g/mol. The van der Waals surface area contributed by atoms with Crippen molar-refractivity contribution >= 4 is 56.9 Å². The van der Waals surface area contributed by atoms with E-state index in [1.807, 2.05) is 38.1 Å². The number of aromatic nitrogens is 6. The molecule has 2 amide bonds. The summed E-state index contributed by atoms with van der Waals surface area (Å²) < 4.78 is 1.49. The van der Waals surface area contributed by atoms with Gasteiger partial charge in [0, 0.05) is 11.4 Å². The number of amides is 2. The normalized spacial score (nSPS) is 11.9. The number of aryl methyl sites for hydroxylation is 1. The molecule has 6 aromatic rings. The summed E-state index contributed by atoms with van der Waals surface area (Å²) in [7, 11) is 0. The summed E-state index contributed by atoms with van der Waals surface area (Å²) in [6.07, 6.45) is 3.73. The van der Waals surface area contributed by atoms with Gasteiger partial charge in [0.15, 0.2) is 11.5 Å². The predicted molar refractivity (Wildman–Crippen MR) is 165 cm³/mol. The van der Waals surface area contributed by atoms with Gasteiger partial charge in [-0.15, -0.1) is 0 Å². The van der Waals surface area contributed by atoms with Gasteiger partial charge in [0.25, 0.3) is 5.56 Å². The number of carbonyl (C=O) groups excluding carboxylic acids is 1. The molecule has 0 saturated heterocycles. The fourth-order valence-corrected chi connectivity index (χ4v) is 5.10. The summed E-state index contributed by atoms with van der Waals surface area (Å²) >= 11 is 6.48. The Kier molecular flexibility index (Phi) is 7.24. The molecule has 210 valence electrons. The van der Waals surface area contributed by atoms with Crippen molar-refractivity contribution in [1.29, 1.82) is 0 Å². The maximum atomic E-state index is 14.0. The second kappa shape index (κ2) is 11.3.